The fourth-order valence-electron chi connectivity index (χ4n) is 2.61. The molecule has 3 rings (SSSR count). The van der Waals surface area contributed by atoms with Crippen LogP contribution in [0.15, 0.2) is 53.4 Å². The van der Waals surface area contributed by atoms with Gasteiger partial charge in [0.2, 0.25) is 0 Å². The van der Waals surface area contributed by atoms with E-state index in [0.29, 0.717) is 27.9 Å². The summed E-state index contributed by atoms with van der Waals surface area (Å²) in [5.74, 6) is 0.308. The Labute approximate surface area is 173 Å². The first-order valence-corrected chi connectivity index (χ1v) is 9.89. The van der Waals surface area contributed by atoms with Gasteiger partial charge in [-0.15, -0.1) is 0 Å². The molecule has 0 atom stereocenters. The Kier molecular flexibility index (Phi) is 6.49. The normalized spacial score (nSPS) is 15.2. The van der Waals surface area contributed by atoms with Crippen LogP contribution in [0.2, 0.25) is 0 Å². The number of ether oxygens (including phenoxy) is 2. The van der Waals surface area contributed by atoms with E-state index in [1.807, 2.05) is 49.4 Å². The summed E-state index contributed by atoms with van der Waals surface area (Å²) in [6.45, 7) is 2.87. The van der Waals surface area contributed by atoms with Gasteiger partial charge >= 0.3 is 5.97 Å². The molecule has 2 aromatic carbocycles. The summed E-state index contributed by atoms with van der Waals surface area (Å²) < 4.78 is 11.1. The first kappa shape index (κ1) is 20.1. The fourth-order valence-corrected chi connectivity index (χ4v) is 3.99. The largest absolute Gasteiger partial charge is 0.489 e. The molecule has 1 fully saturated rings. The number of benzene rings is 2. The van der Waals surface area contributed by atoms with Gasteiger partial charge in [-0.2, -0.15) is 0 Å². The van der Waals surface area contributed by atoms with Crippen molar-refractivity contribution in [1.29, 1.82) is 0 Å². The van der Waals surface area contributed by atoms with Crippen LogP contribution in [0.25, 0.3) is 6.08 Å². The summed E-state index contributed by atoms with van der Waals surface area (Å²) in [7, 11) is 1.36. The average molecular weight is 414 g/mol. The van der Waals surface area contributed by atoms with Crippen LogP contribution in [0.1, 0.15) is 28.4 Å². The van der Waals surface area contributed by atoms with Gasteiger partial charge in [0.15, 0.2) is 0 Å². The highest BCUT2D eigenvalue weighted by Crippen LogP contribution is 2.32. The molecule has 2 aromatic rings. The second kappa shape index (κ2) is 9.03. The SMILES string of the molecule is CCN1C(=O)/C(=C/c2ccc(OCc3ccc(C(=O)OC)cc3)cc2)SC1=S. The molecule has 1 heterocycles. The van der Waals surface area contributed by atoms with Crippen LogP contribution in [0, 0.1) is 0 Å². The van der Waals surface area contributed by atoms with Crippen LogP contribution in [-0.4, -0.2) is 34.8 Å². The maximum absolute atomic E-state index is 12.3. The van der Waals surface area contributed by atoms with Crippen molar-refractivity contribution in [1.82, 2.24) is 4.90 Å². The summed E-state index contributed by atoms with van der Waals surface area (Å²) in [6.07, 6.45) is 1.84. The number of methoxy groups -OCH3 is 1. The van der Waals surface area contributed by atoms with E-state index in [1.165, 1.54) is 18.9 Å². The third kappa shape index (κ3) is 4.61. The first-order valence-electron chi connectivity index (χ1n) is 8.67. The second-order valence-electron chi connectivity index (χ2n) is 5.97. The molecule has 0 radical (unpaired) electrons. The van der Waals surface area contributed by atoms with Gasteiger partial charge in [-0.3, -0.25) is 9.69 Å². The molecule has 1 aliphatic heterocycles. The van der Waals surface area contributed by atoms with Gasteiger partial charge in [0.25, 0.3) is 5.91 Å². The van der Waals surface area contributed by atoms with Crippen molar-refractivity contribution in [2.24, 2.45) is 0 Å². The number of carbonyl (C=O) groups is 2. The molecule has 0 unspecified atom stereocenters. The van der Waals surface area contributed by atoms with E-state index in [9.17, 15) is 9.59 Å². The minimum absolute atomic E-state index is 0.0479. The number of thioether (sulfide) groups is 1. The van der Waals surface area contributed by atoms with Crippen molar-refractivity contribution in [3.8, 4) is 5.75 Å². The average Bonchev–Trinajstić information content (AvgIpc) is 2.99. The highest BCUT2D eigenvalue weighted by atomic mass is 32.2. The summed E-state index contributed by atoms with van der Waals surface area (Å²) >= 11 is 6.54. The summed E-state index contributed by atoms with van der Waals surface area (Å²) in [5.41, 5.74) is 2.36. The predicted octanol–water partition coefficient (Wildman–Crippen LogP) is 4.27. The Balaban J connectivity index is 1.61. The zero-order valence-corrected chi connectivity index (χ0v) is 17.1. The molecule has 28 heavy (non-hydrogen) atoms. The van der Waals surface area contributed by atoms with E-state index in [-0.39, 0.29) is 11.9 Å². The third-order valence-corrected chi connectivity index (χ3v) is 5.53. The number of amides is 1. The molecular weight excluding hydrogens is 394 g/mol. The van der Waals surface area contributed by atoms with Gasteiger partial charge in [-0.25, -0.2) is 4.79 Å². The fraction of sp³-hybridized carbons (Fsp3) is 0.190. The Morgan fingerprint density at radius 2 is 1.82 bits per heavy atom. The third-order valence-electron chi connectivity index (χ3n) is 4.15. The Bertz CT molecular complexity index is 920. The van der Waals surface area contributed by atoms with E-state index >= 15 is 0 Å². The number of nitrogens with zero attached hydrogens (tertiary/aromatic N) is 1. The molecule has 0 saturated carbocycles. The van der Waals surface area contributed by atoms with E-state index in [0.717, 1.165) is 16.9 Å². The number of rotatable bonds is 6. The molecule has 0 aromatic heterocycles. The summed E-state index contributed by atoms with van der Waals surface area (Å²) in [5, 5.41) is 0. The minimum Gasteiger partial charge on any atom is -0.489 e. The second-order valence-corrected chi connectivity index (χ2v) is 7.65. The molecular formula is C21H19NO4S2. The van der Waals surface area contributed by atoms with Crippen molar-refractivity contribution in [3.05, 3.63) is 70.1 Å². The lowest BCUT2D eigenvalue weighted by Crippen LogP contribution is -2.27. The predicted molar refractivity (Wildman–Crippen MR) is 114 cm³/mol. The number of likely N-dealkylation sites (N-methyl/N-ethyl adjacent to an activating group) is 1. The lowest BCUT2D eigenvalue weighted by Gasteiger charge is -2.09. The van der Waals surface area contributed by atoms with Crippen molar-refractivity contribution in [2.45, 2.75) is 13.5 Å². The maximum Gasteiger partial charge on any atom is 0.337 e. The van der Waals surface area contributed by atoms with Crippen LogP contribution >= 0.6 is 24.0 Å². The zero-order valence-electron chi connectivity index (χ0n) is 15.5. The number of hydrogen-bond donors (Lipinski definition) is 0. The zero-order chi connectivity index (χ0) is 20.1. The van der Waals surface area contributed by atoms with Gasteiger partial charge in [-0.1, -0.05) is 48.2 Å². The lowest BCUT2D eigenvalue weighted by atomic mass is 10.1. The molecule has 7 heteroatoms. The summed E-state index contributed by atoms with van der Waals surface area (Å²) in [4.78, 5) is 25.9. The molecule has 0 N–H and O–H groups in total. The van der Waals surface area contributed by atoms with E-state index < -0.39 is 0 Å². The standard InChI is InChI=1S/C21H19NO4S2/c1-3-22-19(23)18(28-21(22)27)12-14-6-10-17(11-7-14)26-13-15-4-8-16(9-5-15)20(24)25-2/h4-12H,3,13H2,1-2H3/b18-12-. The minimum atomic E-state index is -0.362. The Morgan fingerprint density at radius 3 is 2.39 bits per heavy atom. The molecule has 1 amide bonds. The van der Waals surface area contributed by atoms with Crippen LogP contribution < -0.4 is 4.74 Å². The molecule has 0 aliphatic carbocycles. The number of thiocarbonyl (C=S) groups is 1. The van der Waals surface area contributed by atoms with Crippen molar-refractivity contribution in [3.63, 3.8) is 0 Å². The first-order chi connectivity index (χ1) is 13.5. The molecule has 5 nitrogen and oxygen atoms in total. The van der Waals surface area contributed by atoms with Gasteiger partial charge in [0.1, 0.15) is 16.7 Å². The number of hydrogen-bond acceptors (Lipinski definition) is 6. The Morgan fingerprint density at radius 1 is 1.14 bits per heavy atom. The molecule has 0 spiro atoms. The monoisotopic (exact) mass is 413 g/mol. The van der Waals surface area contributed by atoms with E-state index in [1.54, 1.807) is 17.0 Å². The van der Waals surface area contributed by atoms with Gasteiger partial charge < -0.3 is 9.47 Å². The maximum atomic E-state index is 12.3. The lowest BCUT2D eigenvalue weighted by molar-refractivity contribution is -0.121. The molecule has 1 saturated heterocycles. The van der Waals surface area contributed by atoms with Gasteiger partial charge in [0.05, 0.1) is 17.6 Å². The van der Waals surface area contributed by atoms with Crippen LogP contribution in [0.3, 0.4) is 0 Å². The van der Waals surface area contributed by atoms with Crippen molar-refractivity contribution in [2.75, 3.05) is 13.7 Å². The summed E-state index contributed by atoms with van der Waals surface area (Å²) in [6, 6.07) is 14.6. The van der Waals surface area contributed by atoms with Crippen LogP contribution in [0.4, 0.5) is 0 Å². The van der Waals surface area contributed by atoms with Crippen molar-refractivity contribution >= 4 is 46.3 Å². The topological polar surface area (TPSA) is 55.8 Å². The number of carbonyl (C=O) groups excluding carboxylic acids is 2. The molecule has 144 valence electrons. The van der Waals surface area contributed by atoms with E-state index in [4.69, 9.17) is 17.0 Å². The highest BCUT2D eigenvalue weighted by Gasteiger charge is 2.30. The molecule has 1 aliphatic rings. The Hall–Kier alpha value is -2.64. The van der Waals surface area contributed by atoms with Gasteiger partial charge in [0, 0.05) is 6.54 Å². The van der Waals surface area contributed by atoms with Crippen molar-refractivity contribution < 1.29 is 19.1 Å². The number of esters is 1. The highest BCUT2D eigenvalue weighted by molar-refractivity contribution is 8.26. The van der Waals surface area contributed by atoms with Crippen LogP contribution in [0.5, 0.6) is 5.75 Å². The van der Waals surface area contributed by atoms with Gasteiger partial charge in [-0.05, 0) is 48.4 Å². The molecule has 0 bridgehead atoms. The quantitative estimate of drug-likeness (QED) is 0.400. The van der Waals surface area contributed by atoms with E-state index in [2.05, 4.69) is 4.74 Å². The van der Waals surface area contributed by atoms with Crippen LogP contribution in [-0.2, 0) is 16.1 Å². The smallest absolute Gasteiger partial charge is 0.337 e.